The van der Waals surface area contributed by atoms with Crippen LogP contribution in [-0.4, -0.2) is 36.0 Å². The second kappa shape index (κ2) is 6.16. The third kappa shape index (κ3) is 2.86. The van der Waals surface area contributed by atoms with Gasteiger partial charge in [0.2, 0.25) is 15.9 Å². The fourth-order valence-electron chi connectivity index (χ4n) is 4.44. The molecule has 0 radical (unpaired) electrons. The molecule has 1 saturated carbocycles. The summed E-state index contributed by atoms with van der Waals surface area (Å²) >= 11 is 0. The predicted octanol–water partition coefficient (Wildman–Crippen LogP) is 2.91. The smallest absolute Gasteiger partial charge is 0.236 e. The van der Waals surface area contributed by atoms with Crippen LogP contribution >= 0.6 is 0 Å². The van der Waals surface area contributed by atoms with Crippen molar-refractivity contribution in [1.82, 2.24) is 8.87 Å². The number of amides is 1. The molecule has 1 aromatic heterocycles. The zero-order valence-corrected chi connectivity index (χ0v) is 15.4. The van der Waals surface area contributed by atoms with Gasteiger partial charge in [-0.15, -0.1) is 0 Å². The van der Waals surface area contributed by atoms with Crippen molar-refractivity contribution in [3.63, 3.8) is 0 Å². The van der Waals surface area contributed by atoms with Crippen LogP contribution in [0, 0.1) is 5.92 Å². The fraction of sp³-hybridized carbons (Fsp3) is 0.526. The number of para-hydroxylation sites is 1. The molecule has 5 nitrogen and oxygen atoms in total. The second-order valence-electron chi connectivity index (χ2n) is 7.31. The van der Waals surface area contributed by atoms with Crippen molar-refractivity contribution in [2.75, 3.05) is 12.8 Å². The van der Waals surface area contributed by atoms with Crippen molar-refractivity contribution >= 4 is 26.8 Å². The number of nitrogens with zero attached hydrogens (tertiary/aromatic N) is 2. The molecule has 2 heterocycles. The molecule has 1 aliphatic carbocycles. The van der Waals surface area contributed by atoms with E-state index in [4.69, 9.17) is 0 Å². The first-order valence-corrected chi connectivity index (χ1v) is 10.9. The number of aromatic nitrogens is 1. The van der Waals surface area contributed by atoms with Gasteiger partial charge < -0.3 is 4.90 Å². The Labute approximate surface area is 148 Å². The summed E-state index contributed by atoms with van der Waals surface area (Å²) in [4.78, 5) is 14.8. The van der Waals surface area contributed by atoms with Gasteiger partial charge in [-0.2, -0.15) is 0 Å². The fourth-order valence-corrected chi connectivity index (χ4v) is 5.56. The molecule has 1 fully saturated rings. The van der Waals surface area contributed by atoms with Crippen LogP contribution in [0.5, 0.6) is 0 Å². The number of hydrogen-bond donors (Lipinski definition) is 0. The van der Waals surface area contributed by atoms with Gasteiger partial charge in [-0.3, -0.25) is 4.79 Å². The minimum atomic E-state index is -3.37. The largest absolute Gasteiger partial charge is 0.338 e. The average molecular weight is 360 g/mol. The van der Waals surface area contributed by atoms with Gasteiger partial charge in [0.25, 0.3) is 0 Å². The van der Waals surface area contributed by atoms with E-state index in [0.29, 0.717) is 19.5 Å². The van der Waals surface area contributed by atoms with Crippen LogP contribution in [0.25, 0.3) is 10.9 Å². The zero-order chi connectivity index (χ0) is 17.6. The third-order valence-corrected chi connectivity index (χ3v) is 6.69. The summed E-state index contributed by atoms with van der Waals surface area (Å²) in [5, 5.41) is 0.948. The van der Waals surface area contributed by atoms with Crippen molar-refractivity contribution in [2.24, 2.45) is 5.92 Å². The Kier molecular flexibility index (Phi) is 4.10. The number of carbonyl (C=O) groups is 1. The molecule has 4 rings (SSSR count). The maximum Gasteiger partial charge on any atom is 0.236 e. The summed E-state index contributed by atoms with van der Waals surface area (Å²) in [6, 6.07) is 7.60. The van der Waals surface area contributed by atoms with Gasteiger partial charge in [0.1, 0.15) is 0 Å². The van der Waals surface area contributed by atoms with Crippen molar-refractivity contribution in [1.29, 1.82) is 0 Å². The SMILES string of the molecule is CS(=O)(=O)n1c2c(c3ccccc31)CN(C(=O)C1CCCCC1)CC2. The maximum absolute atomic E-state index is 12.9. The summed E-state index contributed by atoms with van der Waals surface area (Å²) in [7, 11) is -3.37. The molecule has 2 aliphatic rings. The highest BCUT2D eigenvalue weighted by Gasteiger charge is 2.32. The van der Waals surface area contributed by atoms with E-state index in [1.165, 1.54) is 16.6 Å². The number of benzene rings is 1. The highest BCUT2D eigenvalue weighted by Crippen LogP contribution is 2.33. The molecule has 0 bridgehead atoms. The summed E-state index contributed by atoms with van der Waals surface area (Å²) in [6.07, 6.45) is 7.34. The Morgan fingerprint density at radius 1 is 1.12 bits per heavy atom. The van der Waals surface area contributed by atoms with Crippen molar-refractivity contribution in [3.8, 4) is 0 Å². The third-order valence-electron chi connectivity index (χ3n) is 5.61. The zero-order valence-electron chi connectivity index (χ0n) is 14.6. The summed E-state index contributed by atoms with van der Waals surface area (Å²) in [5.74, 6) is 0.403. The molecule has 0 N–H and O–H groups in total. The second-order valence-corrected chi connectivity index (χ2v) is 9.15. The molecule has 6 heteroatoms. The van der Waals surface area contributed by atoms with E-state index in [0.717, 1.165) is 47.8 Å². The lowest BCUT2D eigenvalue weighted by atomic mass is 9.87. The molecular formula is C19H24N2O3S. The first-order chi connectivity index (χ1) is 12.0. The van der Waals surface area contributed by atoms with Gasteiger partial charge >= 0.3 is 0 Å². The van der Waals surface area contributed by atoms with E-state index in [2.05, 4.69) is 0 Å². The number of fused-ring (bicyclic) bond motifs is 3. The lowest BCUT2D eigenvalue weighted by Gasteiger charge is -2.32. The minimum Gasteiger partial charge on any atom is -0.338 e. The Balaban J connectivity index is 1.73. The standard InChI is InChI=1S/C19H24N2O3S/c1-25(23,24)21-17-10-6-5-9-15(17)16-13-20(12-11-18(16)21)19(22)14-7-3-2-4-8-14/h5-6,9-10,14H,2-4,7-8,11-13H2,1H3. The Morgan fingerprint density at radius 2 is 1.84 bits per heavy atom. The van der Waals surface area contributed by atoms with Crippen LogP contribution in [0.2, 0.25) is 0 Å². The van der Waals surface area contributed by atoms with Crippen molar-refractivity contribution in [2.45, 2.75) is 45.1 Å². The molecule has 25 heavy (non-hydrogen) atoms. The van der Waals surface area contributed by atoms with E-state index < -0.39 is 10.0 Å². The van der Waals surface area contributed by atoms with Crippen LogP contribution in [0.3, 0.4) is 0 Å². The molecule has 0 spiro atoms. The molecule has 1 amide bonds. The Hall–Kier alpha value is -1.82. The van der Waals surface area contributed by atoms with Gasteiger partial charge in [0.15, 0.2) is 0 Å². The molecule has 0 unspecified atom stereocenters. The average Bonchev–Trinajstić information content (AvgIpc) is 2.95. The highest BCUT2D eigenvalue weighted by atomic mass is 32.2. The Morgan fingerprint density at radius 3 is 2.56 bits per heavy atom. The number of hydrogen-bond acceptors (Lipinski definition) is 3. The van der Waals surface area contributed by atoms with Crippen LogP contribution < -0.4 is 0 Å². The molecule has 0 atom stereocenters. The van der Waals surface area contributed by atoms with Crippen LogP contribution in [0.1, 0.15) is 43.4 Å². The van der Waals surface area contributed by atoms with Gasteiger partial charge in [0, 0.05) is 42.1 Å². The lowest BCUT2D eigenvalue weighted by molar-refractivity contribution is -0.137. The van der Waals surface area contributed by atoms with Crippen LogP contribution in [0.4, 0.5) is 0 Å². The van der Waals surface area contributed by atoms with Crippen LogP contribution in [0.15, 0.2) is 24.3 Å². The molecule has 2 aromatic rings. The first-order valence-electron chi connectivity index (χ1n) is 9.07. The normalized spacial score (nSPS) is 19.2. The quantitative estimate of drug-likeness (QED) is 0.827. The van der Waals surface area contributed by atoms with Crippen LogP contribution in [-0.2, 0) is 27.8 Å². The maximum atomic E-state index is 12.9. The molecule has 0 saturated heterocycles. The van der Waals surface area contributed by atoms with Crippen molar-refractivity contribution in [3.05, 3.63) is 35.5 Å². The summed E-state index contributed by atoms with van der Waals surface area (Å²) in [5.41, 5.74) is 2.56. The van der Waals surface area contributed by atoms with Crippen molar-refractivity contribution < 1.29 is 13.2 Å². The van der Waals surface area contributed by atoms with Gasteiger partial charge in [-0.05, 0) is 18.9 Å². The van der Waals surface area contributed by atoms with E-state index >= 15 is 0 Å². The molecule has 1 aromatic carbocycles. The monoisotopic (exact) mass is 360 g/mol. The number of carbonyl (C=O) groups excluding carboxylic acids is 1. The van der Waals surface area contributed by atoms with Gasteiger partial charge in [-0.25, -0.2) is 12.4 Å². The summed E-state index contributed by atoms with van der Waals surface area (Å²) < 4.78 is 26.1. The minimum absolute atomic E-state index is 0.151. The summed E-state index contributed by atoms with van der Waals surface area (Å²) in [6.45, 7) is 1.13. The number of rotatable bonds is 2. The van der Waals surface area contributed by atoms with E-state index in [1.807, 2.05) is 29.2 Å². The molecule has 134 valence electrons. The predicted molar refractivity (Wildman–Crippen MR) is 97.9 cm³/mol. The van der Waals surface area contributed by atoms with Gasteiger partial charge in [-0.1, -0.05) is 37.5 Å². The Bertz CT molecular complexity index is 924. The van der Waals surface area contributed by atoms with E-state index in [-0.39, 0.29) is 11.8 Å². The molecular weight excluding hydrogens is 336 g/mol. The molecule has 1 aliphatic heterocycles. The first kappa shape index (κ1) is 16.6. The lowest BCUT2D eigenvalue weighted by Crippen LogP contribution is -2.40. The van der Waals surface area contributed by atoms with E-state index in [1.54, 1.807) is 0 Å². The van der Waals surface area contributed by atoms with E-state index in [9.17, 15) is 13.2 Å². The topological polar surface area (TPSA) is 59.4 Å². The highest BCUT2D eigenvalue weighted by molar-refractivity contribution is 7.89. The van der Waals surface area contributed by atoms with Gasteiger partial charge in [0.05, 0.1) is 11.8 Å².